The summed E-state index contributed by atoms with van der Waals surface area (Å²) < 4.78 is 0.945. The maximum atomic E-state index is 13.3. The third kappa shape index (κ3) is 3.52. The van der Waals surface area contributed by atoms with E-state index >= 15 is 0 Å². The van der Waals surface area contributed by atoms with Crippen molar-refractivity contribution in [3.63, 3.8) is 0 Å². The molecule has 3 aromatic carbocycles. The van der Waals surface area contributed by atoms with Gasteiger partial charge in [-0.05, 0) is 49.6 Å². The molecule has 5 nitrogen and oxygen atoms in total. The number of thiazole rings is 1. The summed E-state index contributed by atoms with van der Waals surface area (Å²) in [6.45, 7) is 6.01. The molecule has 1 aliphatic rings. The second-order valence-electron chi connectivity index (χ2n) is 8.35. The Hall–Kier alpha value is -3.77. The van der Waals surface area contributed by atoms with E-state index in [0.717, 1.165) is 32.5 Å². The van der Waals surface area contributed by atoms with Gasteiger partial charge < -0.3 is 5.11 Å². The molecule has 0 saturated carbocycles. The van der Waals surface area contributed by atoms with E-state index in [1.807, 2.05) is 63.2 Å². The number of carbonyl (C=O) groups excluding carboxylic acids is 2. The number of fused-ring (bicyclic) bond motifs is 1. The number of aliphatic hydroxyl groups excluding tert-OH is 1. The summed E-state index contributed by atoms with van der Waals surface area (Å²) in [6, 6.07) is 19.8. The number of aryl methyl sites for hydroxylation is 3. The smallest absolute Gasteiger partial charge is 0.301 e. The van der Waals surface area contributed by atoms with Crippen molar-refractivity contribution in [2.75, 3.05) is 4.90 Å². The van der Waals surface area contributed by atoms with Gasteiger partial charge in [0.15, 0.2) is 5.13 Å². The molecule has 1 aromatic heterocycles. The molecule has 164 valence electrons. The summed E-state index contributed by atoms with van der Waals surface area (Å²) >= 11 is 1.37. The molecule has 0 spiro atoms. The van der Waals surface area contributed by atoms with E-state index in [9.17, 15) is 14.7 Å². The Labute approximate surface area is 195 Å². The first-order chi connectivity index (χ1) is 15.8. The minimum Gasteiger partial charge on any atom is -0.507 e. The van der Waals surface area contributed by atoms with Gasteiger partial charge in [-0.1, -0.05) is 71.5 Å². The summed E-state index contributed by atoms with van der Waals surface area (Å²) in [7, 11) is 0. The molecule has 1 atom stereocenters. The second kappa shape index (κ2) is 7.98. The molecule has 0 bridgehead atoms. The highest BCUT2D eigenvalue weighted by molar-refractivity contribution is 7.22. The maximum Gasteiger partial charge on any atom is 0.301 e. The lowest BCUT2D eigenvalue weighted by atomic mass is 9.94. The number of amides is 1. The Morgan fingerprint density at radius 2 is 1.67 bits per heavy atom. The van der Waals surface area contributed by atoms with E-state index in [0.29, 0.717) is 10.7 Å². The molecule has 6 heteroatoms. The van der Waals surface area contributed by atoms with Gasteiger partial charge >= 0.3 is 5.91 Å². The number of hydrogen-bond acceptors (Lipinski definition) is 5. The third-order valence-electron chi connectivity index (χ3n) is 6.05. The summed E-state index contributed by atoms with van der Waals surface area (Å²) in [4.78, 5) is 32.7. The molecule has 1 N–H and O–H groups in total. The first-order valence-electron chi connectivity index (χ1n) is 10.7. The average molecular weight is 455 g/mol. The number of nitrogens with zero attached hydrogens (tertiary/aromatic N) is 2. The lowest BCUT2D eigenvalue weighted by Crippen LogP contribution is -2.29. The van der Waals surface area contributed by atoms with Gasteiger partial charge in [0.2, 0.25) is 0 Å². The van der Waals surface area contributed by atoms with Crippen LogP contribution in [0.4, 0.5) is 5.13 Å². The van der Waals surface area contributed by atoms with Crippen LogP contribution in [-0.4, -0.2) is 21.8 Å². The molecule has 1 fully saturated rings. The predicted octanol–water partition coefficient (Wildman–Crippen LogP) is 5.85. The number of rotatable bonds is 3. The average Bonchev–Trinajstić information content (AvgIpc) is 3.32. The minimum absolute atomic E-state index is 0.0726. The van der Waals surface area contributed by atoms with E-state index in [1.54, 1.807) is 24.3 Å². The number of aromatic nitrogens is 1. The van der Waals surface area contributed by atoms with Crippen LogP contribution in [0.5, 0.6) is 0 Å². The van der Waals surface area contributed by atoms with E-state index < -0.39 is 17.7 Å². The number of anilines is 1. The number of aliphatic hydroxyl groups is 1. The van der Waals surface area contributed by atoms with Crippen LogP contribution in [0.25, 0.3) is 16.0 Å². The van der Waals surface area contributed by atoms with Crippen molar-refractivity contribution in [2.45, 2.75) is 26.8 Å². The molecule has 33 heavy (non-hydrogen) atoms. The predicted molar refractivity (Wildman–Crippen MR) is 131 cm³/mol. The Morgan fingerprint density at radius 3 is 2.39 bits per heavy atom. The highest BCUT2D eigenvalue weighted by Gasteiger charge is 2.48. The van der Waals surface area contributed by atoms with Crippen molar-refractivity contribution in [2.24, 2.45) is 0 Å². The Balaban J connectivity index is 1.75. The number of hydrogen-bond donors (Lipinski definition) is 1. The fourth-order valence-corrected chi connectivity index (χ4v) is 5.28. The zero-order chi connectivity index (χ0) is 23.3. The molecule has 0 radical (unpaired) electrons. The molecule has 1 unspecified atom stereocenters. The third-order valence-corrected chi connectivity index (χ3v) is 7.07. The van der Waals surface area contributed by atoms with Crippen LogP contribution in [0.3, 0.4) is 0 Å². The van der Waals surface area contributed by atoms with Crippen molar-refractivity contribution in [3.8, 4) is 0 Å². The van der Waals surface area contributed by atoms with Crippen molar-refractivity contribution >= 4 is 44.1 Å². The number of Topliss-reactive ketones (excluding diaryl/α,β-unsaturated/α-hetero) is 1. The van der Waals surface area contributed by atoms with Crippen molar-refractivity contribution in [1.29, 1.82) is 0 Å². The van der Waals surface area contributed by atoms with Gasteiger partial charge in [0.05, 0.1) is 21.8 Å². The van der Waals surface area contributed by atoms with Gasteiger partial charge in [-0.3, -0.25) is 14.5 Å². The zero-order valence-corrected chi connectivity index (χ0v) is 19.3. The summed E-state index contributed by atoms with van der Waals surface area (Å²) in [5.74, 6) is -1.59. The fraction of sp³-hybridized carbons (Fsp3) is 0.148. The van der Waals surface area contributed by atoms with E-state index in [1.165, 1.54) is 16.2 Å². The molecule has 1 aliphatic heterocycles. The Bertz CT molecular complexity index is 1410. The Morgan fingerprint density at radius 1 is 0.939 bits per heavy atom. The second-order valence-corrected chi connectivity index (χ2v) is 9.36. The number of ketones is 1. The molecule has 5 rings (SSSR count). The fourth-order valence-electron chi connectivity index (χ4n) is 4.21. The van der Waals surface area contributed by atoms with Gasteiger partial charge in [-0.25, -0.2) is 4.98 Å². The van der Waals surface area contributed by atoms with Crippen molar-refractivity contribution < 1.29 is 14.7 Å². The van der Waals surface area contributed by atoms with E-state index in [2.05, 4.69) is 0 Å². The number of benzene rings is 3. The SMILES string of the molecule is Cc1cccc(C2/C(=C(\O)c3ccccc3)C(=O)C(=O)N2c2nc3cc(C)c(C)cc3s2)c1. The molecular weight excluding hydrogens is 432 g/mol. The normalized spacial score (nSPS) is 17.8. The maximum absolute atomic E-state index is 13.3. The minimum atomic E-state index is -0.770. The Kier molecular flexibility index (Phi) is 5.10. The summed E-state index contributed by atoms with van der Waals surface area (Å²) in [6.07, 6.45) is 0. The molecule has 2 heterocycles. The van der Waals surface area contributed by atoms with E-state index in [-0.39, 0.29) is 11.3 Å². The van der Waals surface area contributed by atoms with Crippen molar-refractivity contribution in [1.82, 2.24) is 4.98 Å². The van der Waals surface area contributed by atoms with Gasteiger partial charge in [0.1, 0.15) is 5.76 Å². The highest BCUT2D eigenvalue weighted by Crippen LogP contribution is 2.44. The highest BCUT2D eigenvalue weighted by atomic mass is 32.1. The van der Waals surface area contributed by atoms with Gasteiger partial charge in [-0.15, -0.1) is 0 Å². The lowest BCUT2D eigenvalue weighted by molar-refractivity contribution is -0.132. The van der Waals surface area contributed by atoms with Crippen LogP contribution >= 0.6 is 11.3 Å². The van der Waals surface area contributed by atoms with Crippen molar-refractivity contribution in [3.05, 3.63) is 100 Å². The van der Waals surface area contributed by atoms with Crippen LogP contribution in [0, 0.1) is 20.8 Å². The first kappa shape index (κ1) is 21.1. The largest absolute Gasteiger partial charge is 0.507 e. The molecule has 1 amide bonds. The van der Waals surface area contributed by atoms with Crippen LogP contribution in [0.2, 0.25) is 0 Å². The number of carbonyl (C=O) groups is 2. The van der Waals surface area contributed by atoms with E-state index in [4.69, 9.17) is 4.98 Å². The molecule has 1 saturated heterocycles. The molecular formula is C27H22N2O3S. The van der Waals surface area contributed by atoms with Crippen LogP contribution in [0.15, 0.2) is 72.3 Å². The first-order valence-corrected chi connectivity index (χ1v) is 11.5. The van der Waals surface area contributed by atoms with Crippen LogP contribution in [0.1, 0.15) is 33.9 Å². The standard InChI is InChI=1S/C27H22N2O3S/c1-15-8-7-11-19(12-15)23-22(24(30)18-9-5-4-6-10-18)25(31)26(32)29(23)27-28-20-13-16(2)17(3)14-21(20)33-27/h4-14,23,30H,1-3H3/b24-22+. The van der Waals surface area contributed by atoms with Gasteiger partial charge in [-0.2, -0.15) is 0 Å². The summed E-state index contributed by atoms with van der Waals surface area (Å²) in [5.41, 5.74) is 5.34. The quantitative estimate of drug-likeness (QED) is 0.240. The molecule has 4 aromatic rings. The van der Waals surface area contributed by atoms with Crippen LogP contribution < -0.4 is 4.90 Å². The van der Waals surface area contributed by atoms with Crippen LogP contribution in [-0.2, 0) is 9.59 Å². The topological polar surface area (TPSA) is 70.5 Å². The molecule has 0 aliphatic carbocycles. The summed E-state index contributed by atoms with van der Waals surface area (Å²) in [5, 5.41) is 11.6. The van der Waals surface area contributed by atoms with Gasteiger partial charge in [0.25, 0.3) is 5.78 Å². The monoisotopic (exact) mass is 454 g/mol. The van der Waals surface area contributed by atoms with Gasteiger partial charge in [0, 0.05) is 5.56 Å². The lowest BCUT2D eigenvalue weighted by Gasteiger charge is -2.23. The zero-order valence-electron chi connectivity index (χ0n) is 18.5.